The largest absolute Gasteiger partial charge is 0.395 e. The Kier molecular flexibility index (Phi) is 5.37. The average molecular weight is 257 g/mol. The van der Waals surface area contributed by atoms with E-state index < -0.39 is 0 Å². The second-order valence-electron chi connectivity index (χ2n) is 4.83. The van der Waals surface area contributed by atoms with Gasteiger partial charge in [0.25, 0.3) is 0 Å². The molecule has 0 aromatic rings. The molecule has 0 unspecified atom stereocenters. The molecule has 0 atom stereocenters. The molecule has 0 radical (unpaired) electrons. The van der Waals surface area contributed by atoms with Crippen LogP contribution in [-0.4, -0.2) is 97.9 Å². The van der Waals surface area contributed by atoms with Crippen molar-refractivity contribution in [3.8, 4) is 0 Å². The van der Waals surface area contributed by atoms with Crippen molar-refractivity contribution >= 4 is 5.91 Å². The van der Waals surface area contributed by atoms with Crippen molar-refractivity contribution in [2.75, 3.05) is 72.2 Å². The SMILES string of the molecule is O=C(CN1CCN(CCO)CC1)N1CCOCC1. The second kappa shape index (κ2) is 7.04. The molecule has 6 nitrogen and oxygen atoms in total. The number of aliphatic hydroxyl groups excluding tert-OH is 1. The summed E-state index contributed by atoms with van der Waals surface area (Å²) in [6.45, 7) is 7.96. The molecule has 2 heterocycles. The summed E-state index contributed by atoms with van der Waals surface area (Å²) in [5, 5.41) is 8.87. The van der Waals surface area contributed by atoms with Crippen LogP contribution in [-0.2, 0) is 9.53 Å². The van der Waals surface area contributed by atoms with Crippen molar-refractivity contribution in [1.29, 1.82) is 0 Å². The molecule has 0 aromatic carbocycles. The van der Waals surface area contributed by atoms with Gasteiger partial charge in [-0.3, -0.25) is 14.6 Å². The first-order valence-electron chi connectivity index (χ1n) is 6.70. The molecule has 2 saturated heterocycles. The van der Waals surface area contributed by atoms with Crippen LogP contribution in [0.3, 0.4) is 0 Å². The first-order valence-corrected chi connectivity index (χ1v) is 6.70. The van der Waals surface area contributed by atoms with E-state index in [1.807, 2.05) is 4.90 Å². The van der Waals surface area contributed by atoms with Gasteiger partial charge in [-0.15, -0.1) is 0 Å². The molecule has 2 rings (SSSR count). The number of rotatable bonds is 4. The van der Waals surface area contributed by atoms with Crippen LogP contribution in [0.15, 0.2) is 0 Å². The van der Waals surface area contributed by atoms with Gasteiger partial charge in [0.1, 0.15) is 0 Å². The molecular formula is C12H23N3O3. The Bertz CT molecular complexity index is 261. The zero-order chi connectivity index (χ0) is 12.8. The minimum absolute atomic E-state index is 0.215. The molecule has 2 aliphatic rings. The number of amides is 1. The van der Waals surface area contributed by atoms with E-state index in [-0.39, 0.29) is 12.5 Å². The van der Waals surface area contributed by atoms with Gasteiger partial charge in [-0.25, -0.2) is 0 Å². The summed E-state index contributed by atoms with van der Waals surface area (Å²) in [6, 6.07) is 0. The Morgan fingerprint density at radius 1 is 1.00 bits per heavy atom. The van der Waals surface area contributed by atoms with E-state index in [1.165, 1.54) is 0 Å². The summed E-state index contributed by atoms with van der Waals surface area (Å²) in [5.41, 5.74) is 0. The first-order chi connectivity index (χ1) is 8.79. The highest BCUT2D eigenvalue weighted by Gasteiger charge is 2.22. The van der Waals surface area contributed by atoms with Crippen LogP contribution in [0.5, 0.6) is 0 Å². The van der Waals surface area contributed by atoms with E-state index in [2.05, 4.69) is 9.80 Å². The van der Waals surface area contributed by atoms with Gasteiger partial charge in [0.2, 0.25) is 5.91 Å². The maximum Gasteiger partial charge on any atom is 0.236 e. The number of aliphatic hydroxyl groups is 1. The van der Waals surface area contributed by atoms with Crippen molar-refractivity contribution in [2.24, 2.45) is 0 Å². The maximum atomic E-state index is 12.0. The number of carbonyl (C=O) groups excluding carboxylic acids is 1. The number of carbonyl (C=O) groups is 1. The third-order valence-electron chi connectivity index (χ3n) is 3.60. The number of hydrogen-bond acceptors (Lipinski definition) is 5. The summed E-state index contributed by atoms with van der Waals surface area (Å²) >= 11 is 0. The summed E-state index contributed by atoms with van der Waals surface area (Å²) in [6.07, 6.45) is 0. The molecule has 6 heteroatoms. The highest BCUT2D eigenvalue weighted by molar-refractivity contribution is 5.78. The summed E-state index contributed by atoms with van der Waals surface area (Å²) in [4.78, 5) is 18.4. The highest BCUT2D eigenvalue weighted by atomic mass is 16.5. The molecule has 0 bridgehead atoms. The lowest BCUT2D eigenvalue weighted by molar-refractivity contribution is -0.136. The Balaban J connectivity index is 1.68. The van der Waals surface area contributed by atoms with Crippen LogP contribution < -0.4 is 0 Å². The number of β-amino-alcohol motifs (C(OH)–C–C–N with tert-alkyl or cyclic N) is 1. The molecule has 0 spiro atoms. The van der Waals surface area contributed by atoms with Gasteiger partial charge in [-0.2, -0.15) is 0 Å². The third-order valence-corrected chi connectivity index (χ3v) is 3.60. The molecule has 2 aliphatic heterocycles. The van der Waals surface area contributed by atoms with Gasteiger partial charge in [0, 0.05) is 45.8 Å². The smallest absolute Gasteiger partial charge is 0.236 e. The van der Waals surface area contributed by atoms with E-state index in [1.54, 1.807) is 0 Å². The number of ether oxygens (including phenoxy) is 1. The number of morpholine rings is 1. The van der Waals surface area contributed by atoms with Crippen LogP contribution in [0.1, 0.15) is 0 Å². The maximum absolute atomic E-state index is 12.0. The topological polar surface area (TPSA) is 56.2 Å². The fraction of sp³-hybridized carbons (Fsp3) is 0.917. The molecule has 0 aliphatic carbocycles. The van der Waals surface area contributed by atoms with Gasteiger partial charge in [-0.05, 0) is 0 Å². The predicted octanol–water partition coefficient (Wildman–Crippen LogP) is -1.54. The van der Waals surface area contributed by atoms with Crippen LogP contribution in [0.4, 0.5) is 0 Å². The Hall–Kier alpha value is -0.690. The highest BCUT2D eigenvalue weighted by Crippen LogP contribution is 2.04. The molecule has 104 valence electrons. The third kappa shape index (κ3) is 3.91. The van der Waals surface area contributed by atoms with E-state index in [4.69, 9.17) is 9.84 Å². The predicted molar refractivity (Wildman–Crippen MR) is 67.4 cm³/mol. The lowest BCUT2D eigenvalue weighted by Gasteiger charge is -2.35. The van der Waals surface area contributed by atoms with Gasteiger partial charge < -0.3 is 14.7 Å². The van der Waals surface area contributed by atoms with Crippen molar-refractivity contribution in [3.05, 3.63) is 0 Å². The Morgan fingerprint density at radius 3 is 2.22 bits per heavy atom. The molecule has 18 heavy (non-hydrogen) atoms. The van der Waals surface area contributed by atoms with Crippen molar-refractivity contribution in [2.45, 2.75) is 0 Å². The van der Waals surface area contributed by atoms with Gasteiger partial charge in [0.15, 0.2) is 0 Å². The number of hydrogen-bond donors (Lipinski definition) is 1. The van der Waals surface area contributed by atoms with Crippen LogP contribution in [0.2, 0.25) is 0 Å². The zero-order valence-corrected chi connectivity index (χ0v) is 10.9. The molecule has 1 N–H and O–H groups in total. The van der Waals surface area contributed by atoms with Gasteiger partial charge >= 0.3 is 0 Å². The Labute approximate surface area is 108 Å². The van der Waals surface area contributed by atoms with Crippen molar-refractivity contribution in [1.82, 2.24) is 14.7 Å². The second-order valence-corrected chi connectivity index (χ2v) is 4.83. The van der Waals surface area contributed by atoms with E-state index in [9.17, 15) is 4.79 Å². The lowest BCUT2D eigenvalue weighted by atomic mass is 10.3. The van der Waals surface area contributed by atoms with E-state index >= 15 is 0 Å². The molecule has 0 aromatic heterocycles. The van der Waals surface area contributed by atoms with Crippen LogP contribution in [0.25, 0.3) is 0 Å². The van der Waals surface area contributed by atoms with Gasteiger partial charge in [0.05, 0.1) is 26.4 Å². The molecule has 2 fully saturated rings. The normalized spacial score (nSPS) is 23.3. The quantitative estimate of drug-likeness (QED) is 0.661. The summed E-state index contributed by atoms with van der Waals surface area (Å²) < 4.78 is 5.24. The number of piperazine rings is 1. The van der Waals surface area contributed by atoms with Crippen molar-refractivity contribution < 1.29 is 14.6 Å². The van der Waals surface area contributed by atoms with Crippen molar-refractivity contribution in [3.63, 3.8) is 0 Å². The molecular weight excluding hydrogens is 234 g/mol. The summed E-state index contributed by atoms with van der Waals surface area (Å²) in [7, 11) is 0. The van der Waals surface area contributed by atoms with E-state index in [0.717, 1.165) is 45.8 Å². The monoisotopic (exact) mass is 257 g/mol. The molecule has 0 saturated carbocycles. The molecule has 1 amide bonds. The first kappa shape index (κ1) is 13.7. The fourth-order valence-electron chi connectivity index (χ4n) is 2.42. The summed E-state index contributed by atoms with van der Waals surface area (Å²) in [5.74, 6) is 0.217. The zero-order valence-electron chi connectivity index (χ0n) is 10.9. The Morgan fingerprint density at radius 2 is 1.61 bits per heavy atom. The lowest BCUT2D eigenvalue weighted by Crippen LogP contribution is -2.51. The number of nitrogens with zero attached hydrogens (tertiary/aromatic N) is 3. The van der Waals surface area contributed by atoms with Gasteiger partial charge in [-0.1, -0.05) is 0 Å². The van der Waals surface area contributed by atoms with Crippen LogP contribution >= 0.6 is 0 Å². The average Bonchev–Trinajstić information content (AvgIpc) is 2.42. The fourth-order valence-corrected chi connectivity index (χ4v) is 2.42. The van der Waals surface area contributed by atoms with E-state index in [0.29, 0.717) is 19.8 Å². The standard InChI is InChI=1S/C12H23N3O3/c16-8-5-13-1-3-14(4-2-13)11-12(17)15-6-9-18-10-7-15/h16H,1-11H2. The minimum atomic E-state index is 0.215. The minimum Gasteiger partial charge on any atom is -0.395 e. The van der Waals surface area contributed by atoms with Crippen LogP contribution in [0, 0.1) is 0 Å².